The van der Waals surface area contributed by atoms with E-state index in [4.69, 9.17) is 4.74 Å². The Bertz CT molecular complexity index is 938. The predicted molar refractivity (Wildman–Crippen MR) is 142 cm³/mol. The first-order chi connectivity index (χ1) is 13.8. The summed E-state index contributed by atoms with van der Waals surface area (Å²) in [6, 6.07) is 13.7. The van der Waals surface area contributed by atoms with Gasteiger partial charge in [0.05, 0.1) is 23.4 Å². The minimum absolute atomic E-state index is 0.819. The Labute approximate surface area is 200 Å². The molecule has 4 aromatic rings. The number of fused-ring (bicyclic) bond motifs is 2. The molecule has 0 saturated carbocycles. The number of aromatic amines is 2. The van der Waals surface area contributed by atoms with Gasteiger partial charge in [0.15, 0.2) is 0 Å². The van der Waals surface area contributed by atoms with Crippen molar-refractivity contribution in [2.45, 2.75) is 32.6 Å². The van der Waals surface area contributed by atoms with Crippen LogP contribution in [0.4, 0.5) is 0 Å². The number of halogens is 2. The van der Waals surface area contributed by atoms with Crippen molar-refractivity contribution in [1.82, 2.24) is 20.4 Å². The van der Waals surface area contributed by atoms with Crippen molar-refractivity contribution in [2.75, 3.05) is 13.2 Å². The first kappa shape index (κ1) is 24.3. The maximum Gasteiger partial charge on any atom is 0.0651 e. The second-order valence-electron chi connectivity index (χ2n) is 7.71. The average Bonchev–Trinajstić information content (AvgIpc) is 3.30. The second-order valence-corrected chi connectivity index (χ2v) is 15.8. The van der Waals surface area contributed by atoms with E-state index in [0.29, 0.717) is 0 Å². The van der Waals surface area contributed by atoms with Crippen LogP contribution < -0.4 is 0 Å². The van der Waals surface area contributed by atoms with Crippen molar-refractivity contribution >= 4 is 75.1 Å². The third kappa shape index (κ3) is 9.14. The van der Waals surface area contributed by atoms with Crippen LogP contribution in [0.15, 0.2) is 48.8 Å². The van der Waals surface area contributed by atoms with Crippen LogP contribution in [0, 0.1) is 7.14 Å². The van der Waals surface area contributed by atoms with Gasteiger partial charge in [-0.25, -0.2) is 0 Å². The van der Waals surface area contributed by atoms with E-state index in [2.05, 4.69) is 109 Å². The first-order valence-corrected chi connectivity index (χ1v) is 15.4. The highest BCUT2D eigenvalue weighted by molar-refractivity contribution is 14.1. The number of hydrogen-bond donors (Lipinski definition) is 2. The van der Waals surface area contributed by atoms with Gasteiger partial charge in [0.1, 0.15) is 0 Å². The number of rotatable bonds is 4. The van der Waals surface area contributed by atoms with Gasteiger partial charge in [0.2, 0.25) is 0 Å². The van der Waals surface area contributed by atoms with Crippen LogP contribution in [0.1, 0.15) is 6.92 Å². The molecule has 0 bridgehead atoms. The lowest BCUT2D eigenvalue weighted by Gasteiger charge is -2.14. The van der Waals surface area contributed by atoms with E-state index in [9.17, 15) is 0 Å². The van der Waals surface area contributed by atoms with Crippen LogP contribution in [0.3, 0.4) is 0 Å². The van der Waals surface area contributed by atoms with Gasteiger partial charge in [-0.1, -0.05) is 19.6 Å². The van der Waals surface area contributed by atoms with Gasteiger partial charge in [0, 0.05) is 39.2 Å². The topological polar surface area (TPSA) is 66.6 Å². The summed E-state index contributed by atoms with van der Waals surface area (Å²) in [5, 5.41) is 16.0. The molecule has 0 saturated heterocycles. The molecule has 0 amide bonds. The summed E-state index contributed by atoms with van der Waals surface area (Å²) in [6.45, 7) is 11.0. The zero-order chi connectivity index (χ0) is 21.3. The molecule has 0 unspecified atom stereocenters. The molecule has 156 valence electrons. The molecule has 5 nitrogen and oxygen atoms in total. The maximum atomic E-state index is 5.24. The highest BCUT2D eigenvalue weighted by Gasteiger charge is 2.11. The van der Waals surface area contributed by atoms with Crippen LogP contribution in [-0.4, -0.2) is 41.7 Å². The summed E-state index contributed by atoms with van der Waals surface area (Å²) in [7, 11) is -0.819. The third-order valence-electron chi connectivity index (χ3n) is 4.01. The molecule has 8 heteroatoms. The van der Waals surface area contributed by atoms with E-state index in [-0.39, 0.29) is 0 Å². The molecule has 4 rings (SSSR count). The lowest BCUT2D eigenvalue weighted by atomic mass is 10.3. The zero-order valence-electron chi connectivity index (χ0n) is 17.3. The summed E-state index contributed by atoms with van der Waals surface area (Å²) in [4.78, 5) is 0. The molecular formula is C21H28I2N4OSi. The Balaban J connectivity index is 0.000000156. The summed E-state index contributed by atoms with van der Waals surface area (Å²) in [5.74, 6) is 0. The molecule has 0 atom stereocenters. The third-order valence-corrected chi connectivity index (χ3v) is 7.05. The fraction of sp³-hybridized carbons (Fsp3) is 0.333. The lowest BCUT2D eigenvalue weighted by molar-refractivity contribution is 0.161. The van der Waals surface area contributed by atoms with Gasteiger partial charge in [-0.3, -0.25) is 10.2 Å². The van der Waals surface area contributed by atoms with Gasteiger partial charge in [-0.2, -0.15) is 10.2 Å². The molecule has 0 aliphatic heterocycles. The largest absolute Gasteiger partial charge is 0.382 e. The summed E-state index contributed by atoms with van der Waals surface area (Å²) in [6.07, 6.45) is 3.66. The molecular weight excluding hydrogens is 606 g/mol. The molecule has 0 spiro atoms. The van der Waals surface area contributed by atoms with E-state index in [0.717, 1.165) is 24.2 Å². The second kappa shape index (κ2) is 12.0. The highest BCUT2D eigenvalue weighted by atomic mass is 127. The van der Waals surface area contributed by atoms with Gasteiger partial charge in [0.25, 0.3) is 0 Å². The van der Waals surface area contributed by atoms with Gasteiger partial charge < -0.3 is 4.74 Å². The molecule has 29 heavy (non-hydrogen) atoms. The van der Waals surface area contributed by atoms with E-state index in [1.807, 2.05) is 31.5 Å². The molecule has 2 aromatic carbocycles. The Morgan fingerprint density at radius 2 is 1.34 bits per heavy atom. The molecule has 0 radical (unpaired) electrons. The van der Waals surface area contributed by atoms with Crippen molar-refractivity contribution in [1.29, 1.82) is 0 Å². The predicted octanol–water partition coefficient (Wildman–Crippen LogP) is 6.70. The summed E-state index contributed by atoms with van der Waals surface area (Å²) in [5.41, 5.74) is 2.20. The zero-order valence-corrected chi connectivity index (χ0v) is 22.6. The van der Waals surface area contributed by atoms with Crippen LogP contribution >= 0.6 is 45.2 Å². The Kier molecular flexibility index (Phi) is 10.1. The van der Waals surface area contributed by atoms with Crippen molar-refractivity contribution in [3.8, 4) is 0 Å². The molecule has 2 N–H and O–H groups in total. The van der Waals surface area contributed by atoms with Gasteiger partial charge in [-0.05, 0) is 94.5 Å². The number of nitrogens with zero attached hydrogens (tertiary/aromatic N) is 2. The molecule has 2 heterocycles. The van der Waals surface area contributed by atoms with E-state index in [1.54, 1.807) is 0 Å². The van der Waals surface area contributed by atoms with E-state index in [1.165, 1.54) is 24.0 Å². The standard InChI is InChI=1S/2C7H5IN2.C7H18OSi/c2*8-6-1-2-7-5(3-6)4-9-10-7;1-5-8-6-7-9(2,3)4/h2*1-4H,(H,9,10);5-7H2,1-4H3. The van der Waals surface area contributed by atoms with E-state index < -0.39 is 8.07 Å². The molecule has 0 fully saturated rings. The van der Waals surface area contributed by atoms with E-state index >= 15 is 0 Å². The fourth-order valence-electron chi connectivity index (χ4n) is 2.35. The summed E-state index contributed by atoms with van der Waals surface area (Å²) < 4.78 is 7.73. The van der Waals surface area contributed by atoms with Crippen molar-refractivity contribution in [3.63, 3.8) is 0 Å². The smallest absolute Gasteiger partial charge is 0.0651 e. The van der Waals surface area contributed by atoms with Gasteiger partial charge >= 0.3 is 0 Å². The number of nitrogens with one attached hydrogen (secondary N) is 2. The van der Waals surface area contributed by atoms with Crippen LogP contribution in [-0.2, 0) is 4.74 Å². The SMILES string of the molecule is CCOCC[Si](C)(C)C.Ic1ccc2[nH]ncc2c1.Ic1ccc2[nH]ncc2c1. The minimum atomic E-state index is -0.819. The Hall–Kier alpha value is -0.983. The lowest BCUT2D eigenvalue weighted by Crippen LogP contribution is -2.21. The van der Waals surface area contributed by atoms with Crippen LogP contribution in [0.25, 0.3) is 21.8 Å². The van der Waals surface area contributed by atoms with Crippen molar-refractivity contribution in [2.24, 2.45) is 0 Å². The first-order valence-electron chi connectivity index (χ1n) is 9.53. The normalized spacial score (nSPS) is 11.0. The number of hydrogen-bond acceptors (Lipinski definition) is 3. The number of aromatic nitrogens is 4. The van der Waals surface area contributed by atoms with Gasteiger partial charge in [-0.15, -0.1) is 0 Å². The monoisotopic (exact) mass is 634 g/mol. The quantitative estimate of drug-likeness (QED) is 0.149. The number of ether oxygens (including phenoxy) is 1. The Morgan fingerprint density at radius 3 is 1.76 bits per heavy atom. The molecule has 0 aliphatic carbocycles. The molecule has 2 aromatic heterocycles. The summed E-state index contributed by atoms with van der Waals surface area (Å²) >= 11 is 4.57. The van der Waals surface area contributed by atoms with Crippen molar-refractivity contribution in [3.05, 3.63) is 55.9 Å². The average molecular weight is 634 g/mol. The fourth-order valence-corrected chi connectivity index (χ4v) is 4.14. The number of benzene rings is 2. The Morgan fingerprint density at radius 1 is 0.862 bits per heavy atom. The molecule has 0 aliphatic rings. The maximum absolute atomic E-state index is 5.24. The van der Waals surface area contributed by atoms with Crippen LogP contribution in [0.2, 0.25) is 25.7 Å². The van der Waals surface area contributed by atoms with Crippen molar-refractivity contribution < 1.29 is 4.74 Å². The highest BCUT2D eigenvalue weighted by Crippen LogP contribution is 2.14. The van der Waals surface area contributed by atoms with Crippen LogP contribution in [0.5, 0.6) is 0 Å². The minimum Gasteiger partial charge on any atom is -0.382 e. The number of H-pyrrole nitrogens is 2.